The monoisotopic (exact) mass is 180 g/mol. The molecule has 0 heterocycles. The van der Waals surface area contributed by atoms with E-state index in [1.165, 1.54) is 5.56 Å². The number of ether oxygens (including phenoxy) is 1. The van der Waals surface area contributed by atoms with Crippen molar-refractivity contribution < 1.29 is 9.13 Å². The van der Waals surface area contributed by atoms with Gasteiger partial charge in [0.15, 0.2) is 0 Å². The zero-order valence-electron chi connectivity index (χ0n) is 7.66. The Morgan fingerprint density at radius 2 is 2.08 bits per heavy atom. The summed E-state index contributed by atoms with van der Waals surface area (Å²) in [5.41, 5.74) is 1.24. The molecule has 1 fully saturated rings. The number of alkyl halides is 1. The molecule has 1 saturated carbocycles. The van der Waals surface area contributed by atoms with Crippen molar-refractivity contribution in [3.63, 3.8) is 0 Å². The van der Waals surface area contributed by atoms with Crippen LogP contribution in [0.1, 0.15) is 17.9 Å². The number of hydrogen-bond acceptors (Lipinski definition) is 1. The standard InChI is InChI=1S/C11H13FO/c1-13-10-4-2-8(3-5-10)11-6-9(11)7-12/h2-5,9,11H,6-7H2,1H3. The Morgan fingerprint density at radius 1 is 1.38 bits per heavy atom. The van der Waals surface area contributed by atoms with Gasteiger partial charge < -0.3 is 4.74 Å². The van der Waals surface area contributed by atoms with Crippen LogP contribution in [0.3, 0.4) is 0 Å². The van der Waals surface area contributed by atoms with Crippen LogP contribution in [0.4, 0.5) is 4.39 Å². The van der Waals surface area contributed by atoms with Crippen LogP contribution in [0.5, 0.6) is 5.75 Å². The fourth-order valence-corrected chi connectivity index (χ4v) is 1.68. The van der Waals surface area contributed by atoms with Crippen LogP contribution >= 0.6 is 0 Å². The molecule has 0 amide bonds. The van der Waals surface area contributed by atoms with Crippen LogP contribution in [0.2, 0.25) is 0 Å². The topological polar surface area (TPSA) is 9.23 Å². The Balaban J connectivity index is 2.07. The molecule has 13 heavy (non-hydrogen) atoms. The van der Waals surface area contributed by atoms with E-state index in [1.54, 1.807) is 7.11 Å². The Kier molecular flexibility index (Phi) is 2.21. The molecule has 0 aromatic heterocycles. The minimum atomic E-state index is -0.184. The Hall–Kier alpha value is -1.05. The minimum Gasteiger partial charge on any atom is -0.497 e. The zero-order chi connectivity index (χ0) is 9.26. The van der Waals surface area contributed by atoms with Gasteiger partial charge >= 0.3 is 0 Å². The largest absolute Gasteiger partial charge is 0.497 e. The number of methoxy groups -OCH3 is 1. The van der Waals surface area contributed by atoms with Crippen molar-refractivity contribution >= 4 is 0 Å². The van der Waals surface area contributed by atoms with E-state index in [4.69, 9.17) is 4.74 Å². The van der Waals surface area contributed by atoms with Crippen LogP contribution in [0, 0.1) is 5.92 Å². The lowest BCUT2D eigenvalue weighted by Crippen LogP contribution is -1.86. The second-order valence-corrected chi connectivity index (χ2v) is 3.53. The predicted octanol–water partition coefficient (Wildman–Crippen LogP) is 2.77. The van der Waals surface area contributed by atoms with E-state index in [0.29, 0.717) is 5.92 Å². The number of halogens is 1. The summed E-state index contributed by atoms with van der Waals surface area (Å²) in [7, 11) is 1.65. The van der Waals surface area contributed by atoms with E-state index in [1.807, 2.05) is 24.3 Å². The van der Waals surface area contributed by atoms with E-state index in [0.717, 1.165) is 12.2 Å². The molecule has 1 aliphatic carbocycles. The van der Waals surface area contributed by atoms with Crippen LogP contribution in [0.15, 0.2) is 24.3 Å². The molecule has 2 unspecified atom stereocenters. The highest BCUT2D eigenvalue weighted by atomic mass is 19.1. The van der Waals surface area contributed by atoms with Crippen LogP contribution in [-0.2, 0) is 0 Å². The fraction of sp³-hybridized carbons (Fsp3) is 0.455. The van der Waals surface area contributed by atoms with Gasteiger partial charge in [0.1, 0.15) is 5.75 Å². The third kappa shape index (κ3) is 1.67. The quantitative estimate of drug-likeness (QED) is 0.695. The molecule has 0 aliphatic heterocycles. The molecule has 2 rings (SSSR count). The van der Waals surface area contributed by atoms with Gasteiger partial charge in [-0.2, -0.15) is 0 Å². The van der Waals surface area contributed by atoms with Gasteiger partial charge in [0, 0.05) is 0 Å². The first-order valence-electron chi connectivity index (χ1n) is 4.55. The molecule has 1 aromatic carbocycles. The Labute approximate surface area is 77.5 Å². The number of rotatable bonds is 3. The summed E-state index contributed by atoms with van der Waals surface area (Å²) in [5, 5.41) is 0. The highest BCUT2D eigenvalue weighted by Crippen LogP contribution is 2.47. The first-order chi connectivity index (χ1) is 6.35. The maximum absolute atomic E-state index is 12.2. The lowest BCUT2D eigenvalue weighted by Gasteiger charge is -2.01. The molecule has 0 N–H and O–H groups in total. The van der Waals surface area contributed by atoms with Crippen LogP contribution in [-0.4, -0.2) is 13.8 Å². The molecule has 70 valence electrons. The number of hydrogen-bond donors (Lipinski definition) is 0. The van der Waals surface area contributed by atoms with E-state index in [9.17, 15) is 4.39 Å². The first kappa shape index (κ1) is 8.54. The van der Waals surface area contributed by atoms with E-state index < -0.39 is 0 Å². The van der Waals surface area contributed by atoms with Gasteiger partial charge in [-0.3, -0.25) is 4.39 Å². The molecule has 1 nitrogen and oxygen atoms in total. The SMILES string of the molecule is COc1ccc(C2CC2CF)cc1. The average molecular weight is 180 g/mol. The number of benzene rings is 1. The summed E-state index contributed by atoms with van der Waals surface area (Å²) in [6.07, 6.45) is 1.00. The summed E-state index contributed by atoms with van der Waals surface area (Å²) in [5.74, 6) is 1.59. The zero-order valence-corrected chi connectivity index (χ0v) is 7.66. The van der Waals surface area contributed by atoms with Crippen molar-refractivity contribution in [1.29, 1.82) is 0 Å². The van der Waals surface area contributed by atoms with Gasteiger partial charge in [0.2, 0.25) is 0 Å². The molecule has 0 saturated heterocycles. The summed E-state index contributed by atoms with van der Waals surface area (Å²) >= 11 is 0. The minimum absolute atomic E-state index is 0.184. The molecular formula is C11H13FO. The van der Waals surface area contributed by atoms with Crippen molar-refractivity contribution in [1.82, 2.24) is 0 Å². The second kappa shape index (κ2) is 3.36. The second-order valence-electron chi connectivity index (χ2n) is 3.53. The molecule has 1 aliphatic rings. The first-order valence-corrected chi connectivity index (χ1v) is 4.55. The van der Waals surface area contributed by atoms with Gasteiger partial charge in [-0.15, -0.1) is 0 Å². The van der Waals surface area contributed by atoms with Crippen molar-refractivity contribution in [3.8, 4) is 5.75 Å². The summed E-state index contributed by atoms with van der Waals surface area (Å²) < 4.78 is 17.3. The lowest BCUT2D eigenvalue weighted by molar-refractivity contribution is 0.414. The van der Waals surface area contributed by atoms with E-state index in [-0.39, 0.29) is 12.6 Å². The molecular weight excluding hydrogens is 167 g/mol. The normalized spacial score (nSPS) is 25.7. The molecule has 2 atom stereocenters. The molecule has 0 bridgehead atoms. The summed E-state index contributed by atoms with van der Waals surface area (Å²) in [6, 6.07) is 7.92. The molecule has 1 aromatic rings. The Morgan fingerprint density at radius 3 is 2.54 bits per heavy atom. The molecule has 0 spiro atoms. The highest BCUT2D eigenvalue weighted by molar-refractivity contribution is 5.32. The third-order valence-electron chi connectivity index (χ3n) is 2.66. The Bertz CT molecular complexity index is 281. The third-order valence-corrected chi connectivity index (χ3v) is 2.66. The van der Waals surface area contributed by atoms with Crippen molar-refractivity contribution in [3.05, 3.63) is 29.8 Å². The van der Waals surface area contributed by atoms with E-state index in [2.05, 4.69) is 0 Å². The maximum atomic E-state index is 12.2. The van der Waals surface area contributed by atoms with Gasteiger partial charge in [-0.25, -0.2) is 0 Å². The van der Waals surface area contributed by atoms with Crippen LogP contribution in [0.25, 0.3) is 0 Å². The van der Waals surface area contributed by atoms with Gasteiger partial charge in [-0.1, -0.05) is 12.1 Å². The maximum Gasteiger partial charge on any atom is 0.118 e. The van der Waals surface area contributed by atoms with Crippen molar-refractivity contribution in [2.45, 2.75) is 12.3 Å². The van der Waals surface area contributed by atoms with Crippen molar-refractivity contribution in [2.24, 2.45) is 5.92 Å². The van der Waals surface area contributed by atoms with Crippen LogP contribution < -0.4 is 4.74 Å². The molecule has 2 heteroatoms. The summed E-state index contributed by atoms with van der Waals surface area (Å²) in [6.45, 7) is -0.184. The van der Waals surface area contributed by atoms with E-state index >= 15 is 0 Å². The lowest BCUT2D eigenvalue weighted by atomic mass is 10.1. The summed E-state index contributed by atoms with van der Waals surface area (Å²) in [4.78, 5) is 0. The van der Waals surface area contributed by atoms with Gasteiger partial charge in [0.05, 0.1) is 13.8 Å². The van der Waals surface area contributed by atoms with Gasteiger partial charge in [-0.05, 0) is 36.0 Å². The predicted molar refractivity (Wildman–Crippen MR) is 49.8 cm³/mol. The fourth-order valence-electron chi connectivity index (χ4n) is 1.68. The molecule has 0 radical (unpaired) electrons. The highest BCUT2D eigenvalue weighted by Gasteiger charge is 2.37. The van der Waals surface area contributed by atoms with Crippen molar-refractivity contribution in [2.75, 3.05) is 13.8 Å². The van der Waals surface area contributed by atoms with Gasteiger partial charge in [0.25, 0.3) is 0 Å². The smallest absolute Gasteiger partial charge is 0.118 e. The average Bonchev–Trinajstić information content (AvgIpc) is 2.97.